The maximum absolute atomic E-state index is 6.57. The Hall–Kier alpha value is -0.530. The Morgan fingerprint density at radius 3 is 2.35 bits per heavy atom. The van der Waals surface area contributed by atoms with E-state index in [1.54, 1.807) is 0 Å². The average molecular weight is 294 g/mol. The van der Waals surface area contributed by atoms with Crippen molar-refractivity contribution in [1.29, 1.82) is 0 Å². The molecule has 0 saturated heterocycles. The lowest BCUT2D eigenvalue weighted by Gasteiger charge is -2.42. The number of rotatable bonds is 4. The minimum absolute atomic E-state index is 0.333. The van der Waals surface area contributed by atoms with Gasteiger partial charge in [-0.05, 0) is 61.4 Å². The highest BCUT2D eigenvalue weighted by Gasteiger charge is 2.36. The molecule has 0 radical (unpaired) electrons. The summed E-state index contributed by atoms with van der Waals surface area (Å²) in [5.74, 6) is 0. The van der Waals surface area contributed by atoms with Gasteiger partial charge in [0.15, 0.2) is 0 Å². The van der Waals surface area contributed by atoms with Crippen molar-refractivity contribution < 1.29 is 0 Å². The molecule has 0 aliphatic heterocycles. The van der Waals surface area contributed by atoms with Gasteiger partial charge in [0.1, 0.15) is 0 Å². The van der Waals surface area contributed by atoms with Crippen LogP contribution in [0, 0.1) is 19.3 Å². The normalized spacial score (nSPS) is 19.9. The van der Waals surface area contributed by atoms with Gasteiger partial charge in [-0.1, -0.05) is 50.8 Å². The first-order valence-electron chi connectivity index (χ1n) is 7.98. The third-order valence-electron chi connectivity index (χ3n) is 5.02. The van der Waals surface area contributed by atoms with E-state index in [0.29, 0.717) is 11.5 Å². The highest BCUT2D eigenvalue weighted by Crippen LogP contribution is 2.47. The zero-order chi connectivity index (χ0) is 14.8. The first-order chi connectivity index (χ1) is 9.48. The molecule has 0 spiro atoms. The van der Waals surface area contributed by atoms with Crippen molar-refractivity contribution in [3.05, 3.63) is 33.8 Å². The summed E-state index contributed by atoms with van der Waals surface area (Å²) < 4.78 is 0. The maximum Gasteiger partial charge on any atom is 0.0456 e. The second kappa shape index (κ2) is 6.49. The van der Waals surface area contributed by atoms with Crippen molar-refractivity contribution >= 4 is 11.6 Å². The van der Waals surface area contributed by atoms with Crippen LogP contribution in [0.5, 0.6) is 0 Å². The van der Waals surface area contributed by atoms with Crippen LogP contribution in [-0.2, 0) is 0 Å². The lowest BCUT2D eigenvalue weighted by atomic mass is 9.68. The summed E-state index contributed by atoms with van der Waals surface area (Å²) in [6.07, 6.45) is 6.68. The Balaban J connectivity index is 2.40. The van der Waals surface area contributed by atoms with Crippen LogP contribution >= 0.6 is 11.6 Å². The molecule has 1 N–H and O–H groups in total. The molecule has 0 heterocycles. The quantitative estimate of drug-likeness (QED) is 0.764. The van der Waals surface area contributed by atoms with Crippen LogP contribution in [0.1, 0.15) is 68.7 Å². The minimum Gasteiger partial charge on any atom is -0.310 e. The zero-order valence-corrected chi connectivity index (χ0v) is 14.1. The lowest BCUT2D eigenvalue weighted by molar-refractivity contribution is 0.146. The monoisotopic (exact) mass is 293 g/mol. The molecule has 1 aromatic rings. The number of hydrogen-bond acceptors (Lipinski definition) is 1. The fourth-order valence-electron chi connectivity index (χ4n) is 3.61. The molecular formula is C18H28ClN. The molecule has 1 atom stereocenters. The third kappa shape index (κ3) is 3.20. The summed E-state index contributed by atoms with van der Waals surface area (Å²) in [6.45, 7) is 9.93. The Bertz CT molecular complexity index is 461. The maximum atomic E-state index is 6.57. The number of benzene rings is 1. The van der Waals surface area contributed by atoms with Crippen molar-refractivity contribution in [3.8, 4) is 0 Å². The predicted molar refractivity (Wildman–Crippen MR) is 88.5 cm³/mol. The van der Waals surface area contributed by atoms with E-state index in [1.807, 2.05) is 0 Å². The molecule has 2 heteroatoms. The van der Waals surface area contributed by atoms with Gasteiger partial charge < -0.3 is 5.32 Å². The summed E-state index contributed by atoms with van der Waals surface area (Å²) in [5, 5.41) is 4.63. The van der Waals surface area contributed by atoms with E-state index in [1.165, 1.54) is 48.8 Å². The Morgan fingerprint density at radius 2 is 1.75 bits per heavy atom. The van der Waals surface area contributed by atoms with Gasteiger partial charge in [-0.15, -0.1) is 0 Å². The van der Waals surface area contributed by atoms with Gasteiger partial charge in [-0.3, -0.25) is 0 Å². The van der Waals surface area contributed by atoms with Gasteiger partial charge in [0.2, 0.25) is 0 Å². The molecule has 1 nitrogen and oxygen atoms in total. The second-order valence-electron chi connectivity index (χ2n) is 6.66. The van der Waals surface area contributed by atoms with Gasteiger partial charge in [0, 0.05) is 11.1 Å². The van der Waals surface area contributed by atoms with E-state index in [0.717, 1.165) is 11.6 Å². The van der Waals surface area contributed by atoms with Gasteiger partial charge >= 0.3 is 0 Å². The van der Waals surface area contributed by atoms with Crippen LogP contribution in [0.4, 0.5) is 0 Å². The van der Waals surface area contributed by atoms with E-state index in [4.69, 9.17) is 11.6 Å². The number of aryl methyl sites for hydroxylation is 2. The fourth-order valence-corrected chi connectivity index (χ4v) is 3.94. The van der Waals surface area contributed by atoms with Gasteiger partial charge in [-0.2, -0.15) is 0 Å². The molecule has 1 fully saturated rings. The molecule has 0 amide bonds. The van der Waals surface area contributed by atoms with Crippen LogP contribution in [0.3, 0.4) is 0 Å². The van der Waals surface area contributed by atoms with E-state index < -0.39 is 0 Å². The summed E-state index contributed by atoms with van der Waals surface area (Å²) in [4.78, 5) is 0. The Labute approximate surface area is 129 Å². The summed E-state index contributed by atoms with van der Waals surface area (Å²) in [6, 6.07) is 4.80. The van der Waals surface area contributed by atoms with Gasteiger partial charge in [-0.25, -0.2) is 0 Å². The smallest absolute Gasteiger partial charge is 0.0456 e. The van der Waals surface area contributed by atoms with Crippen molar-refractivity contribution in [1.82, 2.24) is 5.32 Å². The highest BCUT2D eigenvalue weighted by molar-refractivity contribution is 6.31. The van der Waals surface area contributed by atoms with Crippen molar-refractivity contribution in [3.63, 3.8) is 0 Å². The molecule has 0 bridgehead atoms. The predicted octanol–water partition coefficient (Wildman–Crippen LogP) is 5.58. The van der Waals surface area contributed by atoms with E-state index in [-0.39, 0.29) is 0 Å². The van der Waals surface area contributed by atoms with Crippen LogP contribution in [0.25, 0.3) is 0 Å². The van der Waals surface area contributed by atoms with E-state index in [2.05, 4.69) is 45.1 Å². The molecule has 1 aliphatic rings. The van der Waals surface area contributed by atoms with Gasteiger partial charge in [0.25, 0.3) is 0 Å². The average Bonchev–Trinajstić information content (AvgIpc) is 2.41. The standard InChI is InChI=1S/C18H28ClN/c1-5-20-17(18(4)9-7-6-8-10-18)15-11-13(2)14(3)12-16(15)19/h11-12,17,20H,5-10H2,1-4H3. The molecule has 1 aromatic carbocycles. The Kier molecular flexibility index (Phi) is 5.14. The SMILES string of the molecule is CCNC(c1cc(C)c(C)cc1Cl)C1(C)CCCCC1. The van der Waals surface area contributed by atoms with Crippen molar-refractivity contribution in [2.24, 2.45) is 5.41 Å². The van der Waals surface area contributed by atoms with Gasteiger partial charge in [0.05, 0.1) is 0 Å². The van der Waals surface area contributed by atoms with E-state index >= 15 is 0 Å². The molecule has 112 valence electrons. The van der Waals surface area contributed by atoms with E-state index in [9.17, 15) is 0 Å². The van der Waals surface area contributed by atoms with Crippen molar-refractivity contribution in [2.75, 3.05) is 6.54 Å². The second-order valence-corrected chi connectivity index (χ2v) is 7.07. The lowest BCUT2D eigenvalue weighted by Crippen LogP contribution is -2.38. The molecule has 1 unspecified atom stereocenters. The molecule has 1 aliphatic carbocycles. The summed E-state index contributed by atoms with van der Waals surface area (Å²) in [7, 11) is 0. The Morgan fingerprint density at radius 1 is 1.15 bits per heavy atom. The van der Waals surface area contributed by atoms with Crippen LogP contribution < -0.4 is 5.32 Å². The summed E-state index contributed by atoms with van der Waals surface area (Å²) >= 11 is 6.57. The zero-order valence-electron chi connectivity index (χ0n) is 13.4. The number of hydrogen-bond donors (Lipinski definition) is 1. The first-order valence-corrected chi connectivity index (χ1v) is 8.36. The van der Waals surface area contributed by atoms with Crippen LogP contribution in [0.15, 0.2) is 12.1 Å². The first kappa shape index (κ1) is 15.9. The number of nitrogens with one attached hydrogen (secondary N) is 1. The minimum atomic E-state index is 0.333. The topological polar surface area (TPSA) is 12.0 Å². The highest BCUT2D eigenvalue weighted by atomic mass is 35.5. The fraction of sp³-hybridized carbons (Fsp3) is 0.667. The number of halogens is 1. The molecule has 0 aromatic heterocycles. The molecular weight excluding hydrogens is 266 g/mol. The molecule has 20 heavy (non-hydrogen) atoms. The largest absolute Gasteiger partial charge is 0.310 e. The van der Waals surface area contributed by atoms with Crippen molar-refractivity contribution in [2.45, 2.75) is 65.8 Å². The van der Waals surface area contributed by atoms with Crippen LogP contribution in [-0.4, -0.2) is 6.54 Å². The summed E-state index contributed by atoms with van der Waals surface area (Å²) in [5.41, 5.74) is 4.25. The molecule has 2 rings (SSSR count). The third-order valence-corrected chi connectivity index (χ3v) is 5.35. The molecule has 1 saturated carbocycles. The van der Waals surface area contributed by atoms with Crippen LogP contribution in [0.2, 0.25) is 5.02 Å².